The van der Waals surface area contributed by atoms with Crippen LogP contribution in [0.3, 0.4) is 0 Å². The molecule has 0 unspecified atom stereocenters. The fraction of sp³-hybridized carbons (Fsp3) is 0.200. The van der Waals surface area contributed by atoms with Crippen molar-refractivity contribution < 1.29 is 19.2 Å². The van der Waals surface area contributed by atoms with Gasteiger partial charge in [0, 0.05) is 24.2 Å². The third kappa shape index (κ3) is 4.89. The maximum absolute atomic E-state index is 11.5. The maximum atomic E-state index is 11.5. The van der Waals surface area contributed by atoms with Crippen molar-refractivity contribution in [2.24, 2.45) is 0 Å². The number of nitrogens with zero attached hydrogens (tertiary/aromatic N) is 2. The summed E-state index contributed by atoms with van der Waals surface area (Å²) in [5, 5.41) is 14.7. The number of hydrogen-bond acceptors (Lipinski definition) is 5. The Morgan fingerprint density at radius 2 is 1.76 bits per heavy atom. The number of rotatable bonds is 7. The van der Waals surface area contributed by atoms with Gasteiger partial charge in [-0.1, -0.05) is 66.5 Å². The zero-order chi connectivity index (χ0) is 27.0. The number of carbonyl (C=O) groups is 1. The van der Waals surface area contributed by atoms with Gasteiger partial charge in [-0.25, -0.2) is 4.79 Å². The van der Waals surface area contributed by atoms with E-state index in [4.69, 9.17) is 32.5 Å². The molecule has 0 radical (unpaired) electrons. The fourth-order valence-electron chi connectivity index (χ4n) is 4.69. The number of allylic oxidation sites excluding steroid dienone is 1. The number of halogens is 2. The average molecular weight is 549 g/mol. The molecule has 0 saturated carbocycles. The number of hydrogen-bond donors (Lipinski definition) is 1. The van der Waals surface area contributed by atoms with Crippen molar-refractivity contribution in [3.63, 3.8) is 0 Å². The minimum Gasteiger partial charge on any atom is -0.489 e. The van der Waals surface area contributed by atoms with Crippen molar-refractivity contribution in [2.75, 3.05) is 11.9 Å². The first-order valence-corrected chi connectivity index (χ1v) is 13.0. The van der Waals surface area contributed by atoms with Crippen LogP contribution in [0, 0.1) is 0 Å². The first-order chi connectivity index (χ1) is 18.2. The van der Waals surface area contributed by atoms with E-state index in [1.54, 1.807) is 36.2 Å². The first kappa shape index (κ1) is 25.9. The molecule has 0 saturated heterocycles. The standard InChI is InChI=1S/C30H26Cl2N2O4/c1-17(2)29-22(28(33-38-29)27-23(31)5-4-6-24(27)32)16-37-21-11-7-18(8-12-21)19-9-13-25-20(15-19)10-14-26(30(35)36)34(25)3/h4-9,11-15,17H,10,16H2,1-3H3,(H,35,36). The van der Waals surface area contributed by atoms with Crippen LogP contribution in [-0.2, 0) is 17.8 Å². The van der Waals surface area contributed by atoms with E-state index in [0.717, 1.165) is 33.7 Å². The Morgan fingerprint density at radius 1 is 1.08 bits per heavy atom. The Hall–Kier alpha value is -3.74. The number of ether oxygens (including phenoxy) is 1. The van der Waals surface area contributed by atoms with Gasteiger partial charge in [-0.05, 0) is 65.6 Å². The van der Waals surface area contributed by atoms with Crippen LogP contribution in [0.2, 0.25) is 10.0 Å². The normalized spacial score (nSPS) is 12.9. The van der Waals surface area contributed by atoms with Crippen LogP contribution in [0.25, 0.3) is 22.4 Å². The molecule has 2 heterocycles. The van der Waals surface area contributed by atoms with Crippen LogP contribution in [0.4, 0.5) is 5.69 Å². The summed E-state index contributed by atoms with van der Waals surface area (Å²) in [6.45, 7) is 4.31. The quantitative estimate of drug-likeness (QED) is 0.252. The van der Waals surface area contributed by atoms with Crippen molar-refractivity contribution in [3.8, 4) is 28.1 Å². The van der Waals surface area contributed by atoms with Gasteiger partial charge in [0.05, 0.1) is 15.6 Å². The predicted molar refractivity (Wildman–Crippen MR) is 150 cm³/mol. The molecule has 1 aliphatic heterocycles. The lowest BCUT2D eigenvalue weighted by Gasteiger charge is -2.27. The lowest BCUT2D eigenvalue weighted by Crippen LogP contribution is -2.26. The minimum absolute atomic E-state index is 0.1000. The fourth-order valence-corrected chi connectivity index (χ4v) is 5.27. The highest BCUT2D eigenvalue weighted by Crippen LogP contribution is 2.39. The molecular weight excluding hydrogens is 523 g/mol. The number of likely N-dealkylation sites (N-methyl/N-ethyl adjacent to an activating group) is 1. The Labute approximate surface area is 231 Å². The summed E-state index contributed by atoms with van der Waals surface area (Å²) < 4.78 is 11.8. The molecule has 1 N–H and O–H groups in total. The number of fused-ring (bicyclic) bond motifs is 1. The Balaban J connectivity index is 1.36. The molecule has 0 bridgehead atoms. The van der Waals surface area contributed by atoms with Crippen molar-refractivity contribution in [2.45, 2.75) is 32.8 Å². The lowest BCUT2D eigenvalue weighted by molar-refractivity contribution is -0.132. The van der Waals surface area contributed by atoms with Crippen molar-refractivity contribution in [1.29, 1.82) is 0 Å². The third-order valence-corrected chi connectivity index (χ3v) is 7.28. The van der Waals surface area contributed by atoms with E-state index in [9.17, 15) is 9.90 Å². The molecule has 0 amide bonds. The van der Waals surface area contributed by atoms with Crippen LogP contribution in [0.5, 0.6) is 5.75 Å². The molecule has 1 aliphatic rings. The van der Waals surface area contributed by atoms with E-state index in [-0.39, 0.29) is 12.5 Å². The monoisotopic (exact) mass is 548 g/mol. The van der Waals surface area contributed by atoms with E-state index in [1.165, 1.54) is 0 Å². The van der Waals surface area contributed by atoms with E-state index in [0.29, 0.717) is 39.2 Å². The van der Waals surface area contributed by atoms with Gasteiger partial charge in [-0.2, -0.15) is 0 Å². The van der Waals surface area contributed by atoms with Gasteiger partial charge in [-0.15, -0.1) is 0 Å². The third-order valence-electron chi connectivity index (χ3n) is 6.65. The summed E-state index contributed by atoms with van der Waals surface area (Å²) in [6, 6.07) is 19.3. The van der Waals surface area contributed by atoms with Crippen molar-refractivity contribution >= 4 is 34.9 Å². The van der Waals surface area contributed by atoms with Crippen LogP contribution >= 0.6 is 23.2 Å². The van der Waals surface area contributed by atoms with Crippen LogP contribution in [0.1, 0.15) is 36.7 Å². The molecule has 8 heteroatoms. The predicted octanol–water partition coefficient (Wildman–Crippen LogP) is 7.98. The highest BCUT2D eigenvalue weighted by Gasteiger charge is 2.24. The number of anilines is 1. The smallest absolute Gasteiger partial charge is 0.352 e. The van der Waals surface area contributed by atoms with Gasteiger partial charge in [0.1, 0.15) is 29.5 Å². The summed E-state index contributed by atoms with van der Waals surface area (Å²) >= 11 is 12.9. The van der Waals surface area contributed by atoms with Crippen LogP contribution in [-0.4, -0.2) is 23.3 Å². The lowest BCUT2D eigenvalue weighted by atomic mass is 9.97. The first-order valence-electron chi connectivity index (χ1n) is 12.2. The van der Waals surface area contributed by atoms with Gasteiger partial charge in [0.2, 0.25) is 0 Å². The SMILES string of the molecule is CC(C)c1onc(-c2c(Cl)cccc2Cl)c1COc1ccc(-c2ccc3c(c2)CC=C(C(=O)O)N3C)cc1. The van der Waals surface area contributed by atoms with E-state index in [2.05, 4.69) is 11.2 Å². The molecule has 194 valence electrons. The molecule has 4 aromatic rings. The summed E-state index contributed by atoms with van der Waals surface area (Å²) in [6.07, 6.45) is 2.32. The molecule has 6 nitrogen and oxygen atoms in total. The molecule has 0 fully saturated rings. The van der Waals surface area contributed by atoms with E-state index >= 15 is 0 Å². The molecule has 0 aliphatic carbocycles. The summed E-state index contributed by atoms with van der Waals surface area (Å²) in [7, 11) is 1.77. The number of carboxylic acid groups (broad SMARTS) is 1. The number of aliphatic carboxylic acids is 1. The topological polar surface area (TPSA) is 75.8 Å². The van der Waals surface area contributed by atoms with E-state index in [1.807, 2.05) is 50.2 Å². The highest BCUT2D eigenvalue weighted by atomic mass is 35.5. The van der Waals surface area contributed by atoms with Crippen LogP contribution < -0.4 is 9.64 Å². The van der Waals surface area contributed by atoms with Crippen molar-refractivity contribution in [1.82, 2.24) is 5.16 Å². The number of benzene rings is 3. The van der Waals surface area contributed by atoms with Gasteiger partial charge in [0.25, 0.3) is 0 Å². The second-order valence-corrected chi connectivity index (χ2v) is 10.3. The molecule has 0 spiro atoms. The van der Waals surface area contributed by atoms with Crippen molar-refractivity contribution in [3.05, 3.63) is 99.4 Å². The molecule has 5 rings (SSSR count). The molecule has 3 aromatic carbocycles. The average Bonchev–Trinajstić information content (AvgIpc) is 3.31. The minimum atomic E-state index is -0.924. The highest BCUT2D eigenvalue weighted by molar-refractivity contribution is 6.39. The zero-order valence-corrected chi connectivity index (χ0v) is 22.7. The molecule has 38 heavy (non-hydrogen) atoms. The van der Waals surface area contributed by atoms with Gasteiger partial charge in [0.15, 0.2) is 0 Å². The van der Waals surface area contributed by atoms with Gasteiger partial charge >= 0.3 is 5.97 Å². The summed E-state index contributed by atoms with van der Waals surface area (Å²) in [4.78, 5) is 13.2. The molecular formula is C30H26Cl2N2O4. The summed E-state index contributed by atoms with van der Waals surface area (Å²) in [5.74, 6) is 0.605. The zero-order valence-electron chi connectivity index (χ0n) is 21.2. The Morgan fingerprint density at radius 3 is 2.42 bits per heavy atom. The largest absolute Gasteiger partial charge is 0.489 e. The summed E-state index contributed by atoms with van der Waals surface area (Å²) in [5.41, 5.74) is 6.38. The number of aromatic nitrogens is 1. The van der Waals surface area contributed by atoms with E-state index < -0.39 is 5.97 Å². The van der Waals surface area contributed by atoms with Gasteiger partial charge in [-0.3, -0.25) is 0 Å². The molecule has 1 aromatic heterocycles. The second-order valence-electron chi connectivity index (χ2n) is 9.44. The van der Waals surface area contributed by atoms with Gasteiger partial charge < -0.3 is 19.3 Å². The maximum Gasteiger partial charge on any atom is 0.352 e. The molecule has 0 atom stereocenters. The Bertz CT molecular complexity index is 1520. The number of carboxylic acids is 1. The van der Waals surface area contributed by atoms with Crippen LogP contribution in [0.15, 0.2) is 77.0 Å². The second kappa shape index (κ2) is 10.6. The Kier molecular flexibility index (Phi) is 7.19.